The molecule has 0 aromatic rings. The van der Waals surface area contributed by atoms with Gasteiger partial charge in [0.1, 0.15) is 0 Å². The predicted molar refractivity (Wildman–Crippen MR) is 70.9 cm³/mol. The lowest BCUT2D eigenvalue weighted by atomic mass is 9.93. The first-order chi connectivity index (χ1) is 7.75. The van der Waals surface area contributed by atoms with Crippen molar-refractivity contribution in [2.24, 2.45) is 11.8 Å². The van der Waals surface area contributed by atoms with E-state index in [2.05, 4.69) is 24.5 Å². The van der Waals surface area contributed by atoms with E-state index in [9.17, 15) is 9.90 Å². The van der Waals surface area contributed by atoms with E-state index in [1.54, 1.807) is 6.92 Å². The summed E-state index contributed by atoms with van der Waals surface area (Å²) in [6.07, 6.45) is 2.11. The average molecular weight is 244 g/mol. The van der Waals surface area contributed by atoms with Gasteiger partial charge in [0.15, 0.2) is 0 Å². The Morgan fingerprint density at radius 2 is 1.82 bits per heavy atom. The summed E-state index contributed by atoms with van der Waals surface area (Å²) in [5, 5.41) is 15.4. The Hall–Kier alpha value is -0.770. The molecule has 0 aromatic carbocycles. The van der Waals surface area contributed by atoms with Crippen LogP contribution in [-0.2, 0) is 0 Å². The maximum atomic E-state index is 11.4. The third-order valence-electron chi connectivity index (χ3n) is 3.09. The van der Waals surface area contributed by atoms with Crippen LogP contribution in [0.3, 0.4) is 0 Å². The number of nitrogens with one attached hydrogen (secondary N) is 2. The van der Waals surface area contributed by atoms with Crippen LogP contribution < -0.4 is 10.6 Å². The number of rotatable bonds is 7. The lowest BCUT2D eigenvalue weighted by Gasteiger charge is -2.27. The second kappa shape index (κ2) is 7.54. The van der Waals surface area contributed by atoms with Gasteiger partial charge >= 0.3 is 6.03 Å². The molecule has 0 aliphatic heterocycles. The number of aliphatic hydroxyl groups is 1. The molecule has 102 valence electrons. The Balaban J connectivity index is 3.67. The summed E-state index contributed by atoms with van der Waals surface area (Å²) in [7, 11) is 0. The number of amides is 2. The summed E-state index contributed by atoms with van der Waals surface area (Å²) in [5.41, 5.74) is -0.852. The van der Waals surface area contributed by atoms with Gasteiger partial charge in [0.25, 0.3) is 0 Å². The summed E-state index contributed by atoms with van der Waals surface area (Å²) >= 11 is 0. The minimum absolute atomic E-state index is 0.115. The van der Waals surface area contributed by atoms with E-state index in [1.807, 2.05) is 13.8 Å². The molecule has 17 heavy (non-hydrogen) atoms. The molecule has 3 N–H and O–H groups in total. The highest BCUT2D eigenvalue weighted by atomic mass is 16.3. The van der Waals surface area contributed by atoms with Gasteiger partial charge in [-0.2, -0.15) is 0 Å². The molecular weight excluding hydrogens is 216 g/mol. The minimum Gasteiger partial charge on any atom is -0.388 e. The average Bonchev–Trinajstić information content (AvgIpc) is 2.21. The van der Waals surface area contributed by atoms with Gasteiger partial charge in [-0.15, -0.1) is 0 Å². The minimum atomic E-state index is -0.852. The Kier molecular flexibility index (Phi) is 7.19. The standard InChI is InChI=1S/C13H28N2O2/c1-10(2)7-6-8-14-12(16)15-9-13(5,17)11(3)4/h10-11,17H,6-9H2,1-5H3,(H2,14,15,16). The van der Waals surface area contributed by atoms with E-state index >= 15 is 0 Å². The lowest BCUT2D eigenvalue weighted by molar-refractivity contribution is 0.0166. The summed E-state index contributed by atoms with van der Waals surface area (Å²) in [5.74, 6) is 0.783. The maximum Gasteiger partial charge on any atom is 0.314 e. The molecule has 2 amide bonds. The zero-order valence-corrected chi connectivity index (χ0v) is 11.8. The van der Waals surface area contributed by atoms with Gasteiger partial charge in [-0.3, -0.25) is 0 Å². The Bertz CT molecular complexity index is 225. The van der Waals surface area contributed by atoms with Gasteiger partial charge in [-0.1, -0.05) is 27.7 Å². The molecule has 1 atom stereocenters. The normalized spacial score (nSPS) is 14.8. The van der Waals surface area contributed by atoms with Crippen LogP contribution in [0.2, 0.25) is 0 Å². The highest BCUT2D eigenvalue weighted by Crippen LogP contribution is 2.14. The summed E-state index contributed by atoms with van der Waals surface area (Å²) < 4.78 is 0. The van der Waals surface area contributed by atoms with Gasteiger partial charge in [-0.05, 0) is 31.6 Å². The molecule has 1 unspecified atom stereocenters. The van der Waals surface area contributed by atoms with E-state index in [0.29, 0.717) is 12.5 Å². The number of carbonyl (C=O) groups is 1. The molecule has 0 bridgehead atoms. The highest BCUT2D eigenvalue weighted by Gasteiger charge is 2.25. The van der Waals surface area contributed by atoms with E-state index in [-0.39, 0.29) is 18.5 Å². The first-order valence-electron chi connectivity index (χ1n) is 6.49. The van der Waals surface area contributed by atoms with Gasteiger partial charge in [0.2, 0.25) is 0 Å². The van der Waals surface area contributed by atoms with E-state index in [0.717, 1.165) is 12.8 Å². The number of urea groups is 1. The van der Waals surface area contributed by atoms with Crippen LogP contribution in [-0.4, -0.2) is 29.8 Å². The van der Waals surface area contributed by atoms with E-state index < -0.39 is 5.60 Å². The van der Waals surface area contributed by atoms with Crippen LogP contribution in [0.15, 0.2) is 0 Å². The molecular formula is C13H28N2O2. The van der Waals surface area contributed by atoms with Crippen LogP contribution >= 0.6 is 0 Å². The van der Waals surface area contributed by atoms with Gasteiger partial charge in [0.05, 0.1) is 5.60 Å². The molecule has 0 saturated carbocycles. The van der Waals surface area contributed by atoms with E-state index in [4.69, 9.17) is 0 Å². The zero-order valence-electron chi connectivity index (χ0n) is 11.8. The molecule has 0 saturated heterocycles. The third kappa shape index (κ3) is 8.02. The molecule has 0 heterocycles. The van der Waals surface area contributed by atoms with Gasteiger partial charge in [-0.25, -0.2) is 4.79 Å². The largest absolute Gasteiger partial charge is 0.388 e. The second-order valence-electron chi connectivity index (χ2n) is 5.66. The van der Waals surface area contributed by atoms with Crippen LogP contribution in [0.5, 0.6) is 0 Å². The monoisotopic (exact) mass is 244 g/mol. The van der Waals surface area contributed by atoms with Crippen molar-refractivity contribution >= 4 is 6.03 Å². The van der Waals surface area contributed by atoms with Crippen molar-refractivity contribution in [1.82, 2.24) is 10.6 Å². The number of hydrogen-bond donors (Lipinski definition) is 3. The molecule has 4 nitrogen and oxygen atoms in total. The smallest absolute Gasteiger partial charge is 0.314 e. The highest BCUT2D eigenvalue weighted by molar-refractivity contribution is 5.73. The quantitative estimate of drug-likeness (QED) is 0.601. The summed E-state index contributed by atoms with van der Waals surface area (Å²) in [4.78, 5) is 11.4. The number of hydrogen-bond acceptors (Lipinski definition) is 2. The van der Waals surface area contributed by atoms with Crippen LogP contribution in [0.4, 0.5) is 4.79 Å². The molecule has 0 aliphatic rings. The molecule has 4 heteroatoms. The fourth-order valence-corrected chi connectivity index (χ4v) is 1.24. The molecule has 0 radical (unpaired) electrons. The van der Waals surface area contributed by atoms with Crippen molar-refractivity contribution < 1.29 is 9.90 Å². The fraction of sp³-hybridized carbons (Fsp3) is 0.923. The van der Waals surface area contributed by atoms with E-state index in [1.165, 1.54) is 0 Å². The lowest BCUT2D eigenvalue weighted by Crippen LogP contribution is -2.47. The second-order valence-corrected chi connectivity index (χ2v) is 5.66. The molecule has 0 fully saturated rings. The Labute approximate surface area is 105 Å². The van der Waals surface area contributed by atoms with Crippen LogP contribution in [0.25, 0.3) is 0 Å². The van der Waals surface area contributed by atoms with Crippen LogP contribution in [0, 0.1) is 11.8 Å². The topological polar surface area (TPSA) is 61.4 Å². The van der Waals surface area contributed by atoms with Crippen molar-refractivity contribution in [2.45, 2.75) is 53.1 Å². The van der Waals surface area contributed by atoms with Crippen molar-refractivity contribution in [3.05, 3.63) is 0 Å². The molecule has 0 aliphatic carbocycles. The van der Waals surface area contributed by atoms with Crippen molar-refractivity contribution in [3.8, 4) is 0 Å². The zero-order chi connectivity index (χ0) is 13.5. The SMILES string of the molecule is CC(C)CCCNC(=O)NCC(C)(O)C(C)C. The summed E-state index contributed by atoms with van der Waals surface area (Å²) in [6.45, 7) is 10.9. The fourth-order valence-electron chi connectivity index (χ4n) is 1.24. The molecule has 0 spiro atoms. The van der Waals surface area contributed by atoms with Gasteiger partial charge in [0, 0.05) is 13.1 Å². The van der Waals surface area contributed by atoms with Crippen LogP contribution in [0.1, 0.15) is 47.5 Å². The predicted octanol–water partition coefficient (Wildman–Crippen LogP) is 2.13. The third-order valence-corrected chi connectivity index (χ3v) is 3.09. The van der Waals surface area contributed by atoms with Crippen molar-refractivity contribution in [3.63, 3.8) is 0 Å². The Morgan fingerprint density at radius 3 is 2.29 bits per heavy atom. The van der Waals surface area contributed by atoms with Crippen molar-refractivity contribution in [2.75, 3.05) is 13.1 Å². The maximum absolute atomic E-state index is 11.4. The van der Waals surface area contributed by atoms with Crippen molar-refractivity contribution in [1.29, 1.82) is 0 Å². The first kappa shape index (κ1) is 16.2. The Morgan fingerprint density at radius 1 is 1.24 bits per heavy atom. The van der Waals surface area contributed by atoms with Gasteiger partial charge < -0.3 is 15.7 Å². The number of carbonyl (C=O) groups excluding carboxylic acids is 1. The molecule has 0 aromatic heterocycles. The summed E-state index contributed by atoms with van der Waals surface area (Å²) in [6, 6.07) is -0.199. The molecule has 0 rings (SSSR count). The first-order valence-corrected chi connectivity index (χ1v) is 6.49.